The van der Waals surface area contributed by atoms with Crippen molar-refractivity contribution in [2.24, 2.45) is 0 Å². The van der Waals surface area contributed by atoms with Gasteiger partial charge < -0.3 is 10.6 Å². The SMILES string of the molecule is CC(Cc1ccc2ccccc2c1)NC(=O)c1cn[nH]c1C1CCCNC1. The van der Waals surface area contributed by atoms with Crippen LogP contribution < -0.4 is 10.6 Å². The number of H-pyrrole nitrogens is 1. The summed E-state index contributed by atoms with van der Waals surface area (Å²) in [5, 5.41) is 16.2. The molecule has 0 spiro atoms. The molecule has 2 unspecified atom stereocenters. The standard InChI is InChI=1S/C22H26N4O/c1-15(11-16-8-9-17-5-2-3-6-18(17)12-16)25-22(27)20-14-24-26-21(20)19-7-4-10-23-13-19/h2-3,5-6,8-9,12,14-15,19,23H,4,7,10-11,13H2,1H3,(H,24,26)(H,25,27). The third-order valence-corrected chi connectivity index (χ3v) is 5.35. The quantitative estimate of drug-likeness (QED) is 0.652. The molecular weight excluding hydrogens is 336 g/mol. The van der Waals surface area contributed by atoms with E-state index in [9.17, 15) is 4.79 Å². The Morgan fingerprint density at radius 3 is 2.93 bits per heavy atom. The van der Waals surface area contributed by atoms with Gasteiger partial charge in [-0.15, -0.1) is 0 Å². The Bertz CT molecular complexity index is 927. The second-order valence-electron chi connectivity index (χ2n) is 7.50. The lowest BCUT2D eigenvalue weighted by Crippen LogP contribution is -2.35. The molecule has 140 valence electrons. The molecule has 2 heterocycles. The highest BCUT2D eigenvalue weighted by Crippen LogP contribution is 2.24. The lowest BCUT2D eigenvalue weighted by molar-refractivity contribution is 0.0938. The van der Waals surface area contributed by atoms with Gasteiger partial charge in [-0.3, -0.25) is 9.89 Å². The van der Waals surface area contributed by atoms with Gasteiger partial charge in [-0.2, -0.15) is 5.10 Å². The minimum absolute atomic E-state index is 0.0439. The summed E-state index contributed by atoms with van der Waals surface area (Å²) in [6.07, 6.45) is 4.67. The molecule has 3 N–H and O–H groups in total. The van der Waals surface area contributed by atoms with Crippen LogP contribution in [0.25, 0.3) is 10.8 Å². The van der Waals surface area contributed by atoms with Crippen LogP contribution >= 0.6 is 0 Å². The fourth-order valence-electron chi connectivity index (χ4n) is 3.96. The molecule has 1 aliphatic heterocycles. The van der Waals surface area contributed by atoms with E-state index >= 15 is 0 Å². The number of amides is 1. The molecule has 2 atom stereocenters. The maximum atomic E-state index is 12.8. The molecule has 0 bridgehead atoms. The molecular formula is C22H26N4O. The first-order chi connectivity index (χ1) is 13.2. The van der Waals surface area contributed by atoms with Gasteiger partial charge >= 0.3 is 0 Å². The number of rotatable bonds is 5. The maximum Gasteiger partial charge on any atom is 0.254 e. The predicted molar refractivity (Wildman–Crippen MR) is 108 cm³/mol. The Hall–Kier alpha value is -2.66. The fraction of sp³-hybridized carbons (Fsp3) is 0.364. The van der Waals surface area contributed by atoms with Crippen LogP contribution in [0.1, 0.15) is 47.3 Å². The molecule has 3 aromatic rings. The van der Waals surface area contributed by atoms with Crippen LogP contribution in [-0.2, 0) is 6.42 Å². The first-order valence-corrected chi connectivity index (χ1v) is 9.73. The normalized spacial score (nSPS) is 18.3. The summed E-state index contributed by atoms with van der Waals surface area (Å²) in [4.78, 5) is 12.8. The van der Waals surface area contributed by atoms with Crippen molar-refractivity contribution in [3.63, 3.8) is 0 Å². The lowest BCUT2D eigenvalue weighted by atomic mass is 9.93. The molecule has 0 saturated carbocycles. The summed E-state index contributed by atoms with van der Waals surface area (Å²) < 4.78 is 0. The van der Waals surface area contributed by atoms with Crippen molar-refractivity contribution in [3.05, 3.63) is 65.5 Å². The number of piperidine rings is 1. The fourth-order valence-corrected chi connectivity index (χ4v) is 3.96. The van der Waals surface area contributed by atoms with E-state index in [1.807, 2.05) is 0 Å². The Morgan fingerprint density at radius 1 is 1.26 bits per heavy atom. The molecule has 5 nitrogen and oxygen atoms in total. The summed E-state index contributed by atoms with van der Waals surface area (Å²) in [7, 11) is 0. The van der Waals surface area contributed by atoms with E-state index in [-0.39, 0.29) is 11.9 Å². The first kappa shape index (κ1) is 17.7. The van der Waals surface area contributed by atoms with Gasteiger partial charge in [0.15, 0.2) is 0 Å². The number of aromatic nitrogens is 2. The van der Waals surface area contributed by atoms with E-state index < -0.39 is 0 Å². The molecule has 1 amide bonds. The minimum atomic E-state index is -0.0439. The van der Waals surface area contributed by atoms with Crippen LogP contribution in [0, 0.1) is 0 Å². The summed E-state index contributed by atoms with van der Waals surface area (Å²) in [6.45, 7) is 4.00. The van der Waals surface area contributed by atoms with Crippen molar-refractivity contribution in [2.45, 2.75) is 38.1 Å². The zero-order valence-electron chi connectivity index (χ0n) is 15.7. The summed E-state index contributed by atoms with van der Waals surface area (Å²) in [6, 6.07) is 14.9. The van der Waals surface area contributed by atoms with E-state index in [0.717, 1.165) is 38.0 Å². The van der Waals surface area contributed by atoms with Crippen LogP contribution in [0.2, 0.25) is 0 Å². The van der Waals surface area contributed by atoms with Crippen LogP contribution in [0.5, 0.6) is 0 Å². The van der Waals surface area contributed by atoms with Crippen molar-refractivity contribution in [3.8, 4) is 0 Å². The molecule has 0 radical (unpaired) electrons. The lowest BCUT2D eigenvalue weighted by Gasteiger charge is -2.23. The molecule has 27 heavy (non-hydrogen) atoms. The topological polar surface area (TPSA) is 69.8 Å². The Morgan fingerprint density at radius 2 is 2.11 bits per heavy atom. The number of hydrogen-bond acceptors (Lipinski definition) is 3. The Labute approximate surface area is 159 Å². The van der Waals surface area contributed by atoms with Gasteiger partial charge in [0.25, 0.3) is 5.91 Å². The van der Waals surface area contributed by atoms with E-state index in [0.29, 0.717) is 11.5 Å². The molecule has 1 aromatic heterocycles. The van der Waals surface area contributed by atoms with E-state index in [2.05, 4.69) is 70.2 Å². The number of hydrogen-bond donors (Lipinski definition) is 3. The number of benzene rings is 2. The summed E-state index contributed by atoms with van der Waals surface area (Å²) in [5.41, 5.74) is 2.86. The van der Waals surface area contributed by atoms with Gasteiger partial charge in [-0.25, -0.2) is 0 Å². The summed E-state index contributed by atoms with van der Waals surface area (Å²) in [5.74, 6) is 0.287. The van der Waals surface area contributed by atoms with Crippen molar-refractivity contribution in [2.75, 3.05) is 13.1 Å². The van der Waals surface area contributed by atoms with Gasteiger partial charge in [-0.05, 0) is 49.1 Å². The molecule has 4 rings (SSSR count). The zero-order valence-corrected chi connectivity index (χ0v) is 15.7. The molecule has 5 heteroatoms. The third-order valence-electron chi connectivity index (χ3n) is 5.35. The molecule has 1 fully saturated rings. The highest BCUT2D eigenvalue weighted by atomic mass is 16.1. The average molecular weight is 362 g/mol. The van der Waals surface area contributed by atoms with Gasteiger partial charge in [0, 0.05) is 18.5 Å². The number of carbonyl (C=O) groups is 1. The smallest absolute Gasteiger partial charge is 0.254 e. The van der Waals surface area contributed by atoms with Crippen molar-refractivity contribution in [1.82, 2.24) is 20.8 Å². The number of aromatic amines is 1. The van der Waals surface area contributed by atoms with E-state index in [1.165, 1.54) is 16.3 Å². The van der Waals surface area contributed by atoms with Gasteiger partial charge in [0.1, 0.15) is 0 Å². The van der Waals surface area contributed by atoms with Gasteiger partial charge in [0.2, 0.25) is 0 Å². The maximum absolute atomic E-state index is 12.8. The van der Waals surface area contributed by atoms with Crippen molar-refractivity contribution >= 4 is 16.7 Å². The van der Waals surface area contributed by atoms with E-state index in [1.54, 1.807) is 6.20 Å². The highest BCUT2D eigenvalue weighted by molar-refractivity contribution is 5.95. The van der Waals surface area contributed by atoms with Crippen LogP contribution in [0.15, 0.2) is 48.7 Å². The third kappa shape index (κ3) is 4.03. The highest BCUT2D eigenvalue weighted by Gasteiger charge is 2.24. The van der Waals surface area contributed by atoms with E-state index in [4.69, 9.17) is 0 Å². The number of nitrogens with zero attached hydrogens (tertiary/aromatic N) is 1. The van der Waals surface area contributed by atoms with Crippen LogP contribution in [0.3, 0.4) is 0 Å². The van der Waals surface area contributed by atoms with Gasteiger partial charge in [-0.1, -0.05) is 42.5 Å². The second-order valence-corrected chi connectivity index (χ2v) is 7.50. The molecule has 2 aromatic carbocycles. The molecule has 1 saturated heterocycles. The predicted octanol–water partition coefficient (Wildman–Crippen LogP) is 3.39. The summed E-state index contributed by atoms with van der Waals surface area (Å²) >= 11 is 0. The second kappa shape index (κ2) is 7.92. The largest absolute Gasteiger partial charge is 0.349 e. The van der Waals surface area contributed by atoms with Crippen molar-refractivity contribution in [1.29, 1.82) is 0 Å². The van der Waals surface area contributed by atoms with Crippen LogP contribution in [-0.4, -0.2) is 35.2 Å². The Balaban J connectivity index is 1.42. The molecule has 0 aliphatic carbocycles. The van der Waals surface area contributed by atoms with Crippen LogP contribution in [0.4, 0.5) is 0 Å². The minimum Gasteiger partial charge on any atom is -0.349 e. The molecule has 1 aliphatic rings. The number of carbonyl (C=O) groups excluding carboxylic acids is 1. The first-order valence-electron chi connectivity index (χ1n) is 9.73. The monoisotopic (exact) mass is 362 g/mol. The Kier molecular flexibility index (Phi) is 5.21. The average Bonchev–Trinajstić information content (AvgIpc) is 3.18. The number of nitrogens with one attached hydrogen (secondary N) is 3. The number of fused-ring (bicyclic) bond motifs is 1. The van der Waals surface area contributed by atoms with Crippen molar-refractivity contribution < 1.29 is 4.79 Å². The van der Waals surface area contributed by atoms with Gasteiger partial charge in [0.05, 0.1) is 17.5 Å². The zero-order chi connectivity index (χ0) is 18.6.